The van der Waals surface area contributed by atoms with E-state index in [0.717, 1.165) is 10.2 Å². The van der Waals surface area contributed by atoms with Crippen molar-refractivity contribution in [3.8, 4) is 0 Å². The monoisotopic (exact) mass is 300 g/mol. The largest absolute Gasteiger partial charge is 0.358 e. The lowest BCUT2D eigenvalue weighted by Gasteiger charge is -2.23. The van der Waals surface area contributed by atoms with E-state index in [4.69, 9.17) is 12.2 Å². The van der Waals surface area contributed by atoms with E-state index in [1.807, 2.05) is 12.1 Å². The van der Waals surface area contributed by atoms with Gasteiger partial charge in [0.2, 0.25) is 0 Å². The van der Waals surface area contributed by atoms with Crippen LogP contribution >= 0.6 is 28.1 Å². The zero-order valence-corrected chi connectivity index (χ0v) is 12.4. The van der Waals surface area contributed by atoms with Crippen LogP contribution in [0.3, 0.4) is 0 Å². The van der Waals surface area contributed by atoms with Gasteiger partial charge in [-0.25, -0.2) is 0 Å². The molecule has 0 aliphatic carbocycles. The first-order chi connectivity index (χ1) is 7.28. The Kier molecular flexibility index (Phi) is 4.33. The van der Waals surface area contributed by atoms with Crippen molar-refractivity contribution in [2.75, 3.05) is 5.32 Å². The SMILES string of the molecule is Cc1cc(NC(=S)NC(C)(C)C)ccc1Br. The molecule has 0 unspecified atom stereocenters. The fourth-order valence-corrected chi connectivity index (χ4v) is 1.90. The van der Waals surface area contributed by atoms with Crippen LogP contribution in [0, 0.1) is 6.92 Å². The van der Waals surface area contributed by atoms with Crippen LogP contribution in [-0.2, 0) is 0 Å². The molecule has 88 valence electrons. The third-order valence-corrected chi connectivity index (χ3v) is 3.00. The molecule has 0 atom stereocenters. The smallest absolute Gasteiger partial charge is 0.171 e. The van der Waals surface area contributed by atoms with Gasteiger partial charge in [0.1, 0.15) is 0 Å². The lowest BCUT2D eigenvalue weighted by molar-refractivity contribution is 0.515. The van der Waals surface area contributed by atoms with E-state index in [-0.39, 0.29) is 5.54 Å². The highest BCUT2D eigenvalue weighted by molar-refractivity contribution is 9.10. The van der Waals surface area contributed by atoms with E-state index in [1.54, 1.807) is 0 Å². The molecule has 4 heteroatoms. The maximum absolute atomic E-state index is 5.23. The molecule has 1 aromatic carbocycles. The van der Waals surface area contributed by atoms with Gasteiger partial charge in [0.25, 0.3) is 0 Å². The first kappa shape index (κ1) is 13.5. The Hall–Kier alpha value is -0.610. The molecule has 0 fully saturated rings. The van der Waals surface area contributed by atoms with Gasteiger partial charge in [-0.05, 0) is 63.7 Å². The zero-order chi connectivity index (χ0) is 12.3. The number of hydrogen-bond donors (Lipinski definition) is 2. The summed E-state index contributed by atoms with van der Waals surface area (Å²) < 4.78 is 1.10. The number of anilines is 1. The molecule has 0 heterocycles. The summed E-state index contributed by atoms with van der Waals surface area (Å²) in [6.07, 6.45) is 0. The van der Waals surface area contributed by atoms with Gasteiger partial charge in [-0.2, -0.15) is 0 Å². The Morgan fingerprint density at radius 3 is 2.44 bits per heavy atom. The average Bonchev–Trinajstić information content (AvgIpc) is 2.08. The minimum Gasteiger partial charge on any atom is -0.358 e. The molecule has 0 amide bonds. The summed E-state index contributed by atoms with van der Waals surface area (Å²) >= 11 is 8.69. The molecule has 0 bridgehead atoms. The number of nitrogens with one attached hydrogen (secondary N) is 2. The van der Waals surface area contributed by atoms with Crippen molar-refractivity contribution in [2.45, 2.75) is 33.2 Å². The zero-order valence-electron chi connectivity index (χ0n) is 10.0. The number of aryl methyl sites for hydroxylation is 1. The fraction of sp³-hybridized carbons (Fsp3) is 0.417. The van der Waals surface area contributed by atoms with Crippen LogP contribution in [0.1, 0.15) is 26.3 Å². The molecule has 1 aromatic rings. The number of halogens is 1. The van der Waals surface area contributed by atoms with Crippen LogP contribution < -0.4 is 10.6 Å². The molecule has 0 radical (unpaired) electrons. The molecule has 0 saturated heterocycles. The predicted octanol–water partition coefficient (Wildman–Crippen LogP) is 3.84. The highest BCUT2D eigenvalue weighted by atomic mass is 79.9. The highest BCUT2D eigenvalue weighted by Crippen LogP contribution is 2.20. The van der Waals surface area contributed by atoms with Crippen molar-refractivity contribution in [1.82, 2.24) is 5.32 Å². The van der Waals surface area contributed by atoms with Gasteiger partial charge in [0.05, 0.1) is 0 Å². The molecule has 0 spiro atoms. The van der Waals surface area contributed by atoms with Gasteiger partial charge in [-0.1, -0.05) is 15.9 Å². The topological polar surface area (TPSA) is 24.1 Å². The molecule has 2 N–H and O–H groups in total. The molecule has 16 heavy (non-hydrogen) atoms. The van der Waals surface area contributed by atoms with Crippen molar-refractivity contribution in [3.63, 3.8) is 0 Å². The van der Waals surface area contributed by atoms with Crippen LogP contribution in [0.2, 0.25) is 0 Å². The fourth-order valence-electron chi connectivity index (χ4n) is 1.23. The van der Waals surface area contributed by atoms with Crippen molar-refractivity contribution in [3.05, 3.63) is 28.2 Å². The van der Waals surface area contributed by atoms with E-state index >= 15 is 0 Å². The van der Waals surface area contributed by atoms with E-state index in [9.17, 15) is 0 Å². The molecule has 0 aromatic heterocycles. The van der Waals surface area contributed by atoms with Crippen molar-refractivity contribution >= 4 is 38.9 Å². The molecular formula is C12H17BrN2S. The molecule has 0 saturated carbocycles. The van der Waals surface area contributed by atoms with Gasteiger partial charge in [-0.3, -0.25) is 0 Å². The molecule has 0 aliphatic rings. The first-order valence-electron chi connectivity index (χ1n) is 5.13. The number of rotatable bonds is 1. The van der Waals surface area contributed by atoms with Gasteiger partial charge in [0.15, 0.2) is 5.11 Å². The minimum atomic E-state index is -0.0194. The number of hydrogen-bond acceptors (Lipinski definition) is 1. The van der Waals surface area contributed by atoms with Crippen molar-refractivity contribution in [1.29, 1.82) is 0 Å². The van der Waals surface area contributed by atoms with Crippen LogP contribution in [0.4, 0.5) is 5.69 Å². The average molecular weight is 301 g/mol. The Bertz CT molecular complexity index is 396. The summed E-state index contributed by atoms with van der Waals surface area (Å²) in [4.78, 5) is 0. The van der Waals surface area contributed by atoms with Crippen LogP contribution in [-0.4, -0.2) is 10.7 Å². The quantitative estimate of drug-likeness (QED) is 0.771. The predicted molar refractivity (Wildman–Crippen MR) is 78.0 cm³/mol. The Morgan fingerprint density at radius 1 is 1.31 bits per heavy atom. The number of thiocarbonyl (C=S) groups is 1. The maximum Gasteiger partial charge on any atom is 0.171 e. The highest BCUT2D eigenvalue weighted by Gasteiger charge is 2.10. The standard InChI is InChI=1S/C12H17BrN2S/c1-8-7-9(5-6-10(8)13)14-11(16)15-12(2,3)4/h5-7H,1-4H3,(H2,14,15,16). The summed E-state index contributed by atoms with van der Waals surface area (Å²) in [5, 5.41) is 7.02. The summed E-state index contributed by atoms with van der Waals surface area (Å²) in [5.41, 5.74) is 2.17. The van der Waals surface area contributed by atoms with Gasteiger partial charge in [0, 0.05) is 15.7 Å². The van der Waals surface area contributed by atoms with Crippen molar-refractivity contribution < 1.29 is 0 Å². The molecule has 0 aliphatic heterocycles. The second-order valence-corrected chi connectivity index (χ2v) is 6.06. The van der Waals surface area contributed by atoms with E-state index < -0.39 is 0 Å². The first-order valence-corrected chi connectivity index (χ1v) is 6.33. The summed E-state index contributed by atoms with van der Waals surface area (Å²) in [6.45, 7) is 8.28. The van der Waals surface area contributed by atoms with E-state index in [2.05, 4.69) is 60.3 Å². The van der Waals surface area contributed by atoms with Gasteiger partial charge >= 0.3 is 0 Å². The Labute approximate surface area is 111 Å². The van der Waals surface area contributed by atoms with E-state index in [1.165, 1.54) is 5.56 Å². The second-order valence-electron chi connectivity index (χ2n) is 4.79. The normalized spacial score (nSPS) is 11.1. The Balaban J connectivity index is 2.67. The van der Waals surface area contributed by atoms with Crippen LogP contribution in [0.15, 0.2) is 22.7 Å². The minimum absolute atomic E-state index is 0.0194. The second kappa shape index (κ2) is 5.15. The van der Waals surface area contributed by atoms with Gasteiger partial charge in [-0.15, -0.1) is 0 Å². The lowest BCUT2D eigenvalue weighted by atomic mass is 10.1. The molecule has 1 rings (SSSR count). The van der Waals surface area contributed by atoms with E-state index in [0.29, 0.717) is 5.11 Å². The van der Waals surface area contributed by atoms with Gasteiger partial charge < -0.3 is 10.6 Å². The third-order valence-electron chi connectivity index (χ3n) is 1.90. The summed E-state index contributed by atoms with van der Waals surface area (Å²) in [5.74, 6) is 0. The molecular weight excluding hydrogens is 284 g/mol. The summed E-state index contributed by atoms with van der Waals surface area (Å²) in [6, 6.07) is 6.06. The number of benzene rings is 1. The van der Waals surface area contributed by atoms with Crippen LogP contribution in [0.5, 0.6) is 0 Å². The lowest BCUT2D eigenvalue weighted by Crippen LogP contribution is -2.42. The third kappa shape index (κ3) is 4.49. The molecule has 2 nitrogen and oxygen atoms in total. The van der Waals surface area contributed by atoms with Crippen molar-refractivity contribution in [2.24, 2.45) is 0 Å². The summed E-state index contributed by atoms with van der Waals surface area (Å²) in [7, 11) is 0. The Morgan fingerprint density at radius 2 is 1.94 bits per heavy atom. The maximum atomic E-state index is 5.23. The van der Waals surface area contributed by atoms with Crippen LogP contribution in [0.25, 0.3) is 0 Å².